The molecule has 2 saturated carbocycles. The van der Waals surface area contributed by atoms with Gasteiger partial charge in [0, 0.05) is 18.5 Å². The molecule has 2 fully saturated rings. The number of nitrogens with zero attached hydrogens (tertiary/aromatic N) is 2. The van der Waals surface area contributed by atoms with Crippen LogP contribution in [0.5, 0.6) is 0 Å². The lowest BCUT2D eigenvalue weighted by Gasteiger charge is -2.27. The smallest absolute Gasteiger partial charge is 0.276 e. The molecule has 3 rings (SSSR count). The monoisotopic (exact) mass is 278 g/mol. The zero-order valence-corrected chi connectivity index (χ0v) is 11.6. The molecule has 0 spiro atoms. The zero-order chi connectivity index (χ0) is 14.1. The molecule has 1 aromatic heterocycles. The Kier molecular flexibility index (Phi) is 3.65. The molecule has 20 heavy (non-hydrogen) atoms. The minimum Gasteiger partial charge on any atom is -0.395 e. The summed E-state index contributed by atoms with van der Waals surface area (Å²) in [6.45, 7) is 0.330. The number of nitrogen functional groups attached to an aromatic ring is 1. The van der Waals surface area contributed by atoms with Gasteiger partial charge in [0.2, 0.25) is 0 Å². The zero-order valence-electron chi connectivity index (χ0n) is 11.6. The normalized spacial score (nSPS) is 19.4. The Labute approximate surface area is 118 Å². The number of aliphatic hydroxyl groups is 1. The van der Waals surface area contributed by atoms with Gasteiger partial charge in [-0.1, -0.05) is 12.8 Å². The summed E-state index contributed by atoms with van der Waals surface area (Å²) in [6.07, 6.45) is 6.52. The molecule has 1 aromatic rings. The molecule has 0 unspecified atom stereocenters. The Morgan fingerprint density at radius 1 is 1.35 bits per heavy atom. The highest BCUT2D eigenvalue weighted by atomic mass is 16.3. The van der Waals surface area contributed by atoms with Crippen LogP contribution in [0.2, 0.25) is 0 Å². The number of H-pyrrole nitrogens is 1. The lowest BCUT2D eigenvalue weighted by Crippen LogP contribution is -2.41. The topological polar surface area (TPSA) is 95.2 Å². The van der Waals surface area contributed by atoms with Gasteiger partial charge >= 0.3 is 0 Å². The van der Waals surface area contributed by atoms with Crippen molar-refractivity contribution in [2.75, 3.05) is 18.9 Å². The van der Waals surface area contributed by atoms with E-state index in [2.05, 4.69) is 10.2 Å². The number of aromatic amines is 1. The maximum atomic E-state index is 12.7. The van der Waals surface area contributed by atoms with Crippen LogP contribution >= 0.6 is 0 Å². The van der Waals surface area contributed by atoms with Crippen LogP contribution in [0.25, 0.3) is 0 Å². The van der Waals surface area contributed by atoms with Gasteiger partial charge in [-0.2, -0.15) is 5.10 Å². The van der Waals surface area contributed by atoms with Gasteiger partial charge in [0.05, 0.1) is 18.0 Å². The first kappa shape index (κ1) is 13.4. The number of anilines is 1. The van der Waals surface area contributed by atoms with Crippen molar-refractivity contribution in [1.29, 1.82) is 0 Å². The predicted octanol–water partition coefficient (Wildman–Crippen LogP) is 1.25. The molecule has 6 nitrogen and oxygen atoms in total. The van der Waals surface area contributed by atoms with Gasteiger partial charge in [0.1, 0.15) is 0 Å². The number of amides is 1. The molecular formula is C14H22N4O2. The van der Waals surface area contributed by atoms with E-state index in [0.29, 0.717) is 23.8 Å². The predicted molar refractivity (Wildman–Crippen MR) is 75.4 cm³/mol. The van der Waals surface area contributed by atoms with Crippen molar-refractivity contribution >= 4 is 11.6 Å². The second-order valence-corrected chi connectivity index (χ2v) is 5.83. The van der Waals surface area contributed by atoms with Crippen molar-refractivity contribution in [3.8, 4) is 0 Å². The van der Waals surface area contributed by atoms with Gasteiger partial charge < -0.3 is 15.7 Å². The van der Waals surface area contributed by atoms with E-state index >= 15 is 0 Å². The summed E-state index contributed by atoms with van der Waals surface area (Å²) in [7, 11) is 0. The molecule has 1 amide bonds. The van der Waals surface area contributed by atoms with Gasteiger partial charge in [-0.15, -0.1) is 0 Å². The summed E-state index contributed by atoms with van der Waals surface area (Å²) in [5.74, 6) is 0.299. The van der Waals surface area contributed by atoms with Crippen LogP contribution in [-0.4, -0.2) is 45.3 Å². The molecule has 0 aromatic carbocycles. The van der Waals surface area contributed by atoms with E-state index in [4.69, 9.17) is 5.73 Å². The summed E-state index contributed by atoms with van der Waals surface area (Å²) >= 11 is 0. The van der Waals surface area contributed by atoms with Crippen LogP contribution in [0.15, 0.2) is 0 Å². The first-order valence-electron chi connectivity index (χ1n) is 7.48. The maximum Gasteiger partial charge on any atom is 0.276 e. The molecule has 110 valence electrons. The van der Waals surface area contributed by atoms with Gasteiger partial charge in [0.25, 0.3) is 5.91 Å². The molecule has 0 atom stereocenters. The highest BCUT2D eigenvalue weighted by Gasteiger charge is 2.33. The number of hydrogen-bond donors (Lipinski definition) is 3. The van der Waals surface area contributed by atoms with Gasteiger partial charge in [-0.05, 0) is 25.7 Å². The van der Waals surface area contributed by atoms with Crippen LogP contribution in [-0.2, 0) is 0 Å². The SMILES string of the molecule is Nc1c(C(=O)N(CCO)C2CCCC2)n[nH]c1C1CC1. The van der Waals surface area contributed by atoms with Crippen LogP contribution in [0, 0.1) is 0 Å². The minimum absolute atomic E-state index is 0.0257. The average Bonchev–Trinajstić information content (AvgIpc) is 3.00. The Morgan fingerprint density at radius 2 is 2.05 bits per heavy atom. The first-order chi connectivity index (χ1) is 9.72. The van der Waals surface area contributed by atoms with Crippen LogP contribution in [0.4, 0.5) is 5.69 Å². The quantitative estimate of drug-likeness (QED) is 0.755. The summed E-state index contributed by atoms with van der Waals surface area (Å²) in [6, 6.07) is 0.218. The van der Waals surface area contributed by atoms with Crippen molar-refractivity contribution in [2.24, 2.45) is 0 Å². The lowest BCUT2D eigenvalue weighted by molar-refractivity contribution is 0.0633. The number of aliphatic hydroxyl groups excluding tert-OH is 1. The van der Waals surface area contributed by atoms with E-state index in [1.165, 1.54) is 0 Å². The Bertz CT molecular complexity index is 489. The Balaban J connectivity index is 1.81. The molecule has 6 heteroatoms. The first-order valence-corrected chi connectivity index (χ1v) is 7.48. The van der Waals surface area contributed by atoms with Crippen molar-refractivity contribution < 1.29 is 9.90 Å². The number of nitrogens with one attached hydrogen (secondary N) is 1. The Hall–Kier alpha value is -1.56. The number of carbonyl (C=O) groups excluding carboxylic acids is 1. The summed E-state index contributed by atoms with van der Waals surface area (Å²) in [5.41, 5.74) is 7.80. The third-order valence-electron chi connectivity index (χ3n) is 4.39. The fraction of sp³-hybridized carbons (Fsp3) is 0.714. The van der Waals surface area contributed by atoms with Crippen molar-refractivity contribution in [3.05, 3.63) is 11.4 Å². The number of hydrogen-bond acceptors (Lipinski definition) is 4. The van der Waals surface area contributed by atoms with E-state index < -0.39 is 0 Å². The molecule has 4 N–H and O–H groups in total. The molecule has 2 aliphatic carbocycles. The Morgan fingerprint density at radius 3 is 2.65 bits per heavy atom. The number of aromatic nitrogens is 2. The number of rotatable bonds is 5. The molecule has 1 heterocycles. The summed E-state index contributed by atoms with van der Waals surface area (Å²) in [5, 5.41) is 16.3. The van der Waals surface area contributed by atoms with Crippen molar-refractivity contribution in [2.45, 2.75) is 50.5 Å². The number of nitrogens with two attached hydrogens (primary N) is 1. The molecule has 0 bridgehead atoms. The average molecular weight is 278 g/mol. The molecule has 2 aliphatic rings. The largest absolute Gasteiger partial charge is 0.395 e. The molecule has 0 saturated heterocycles. The summed E-state index contributed by atoms with van der Waals surface area (Å²) < 4.78 is 0. The van der Waals surface area contributed by atoms with E-state index in [1.807, 2.05) is 0 Å². The van der Waals surface area contributed by atoms with Crippen LogP contribution in [0.1, 0.15) is 60.6 Å². The highest BCUT2D eigenvalue weighted by molar-refractivity contribution is 5.98. The summed E-state index contributed by atoms with van der Waals surface area (Å²) in [4.78, 5) is 14.4. The van der Waals surface area contributed by atoms with E-state index in [-0.39, 0.29) is 18.6 Å². The van der Waals surface area contributed by atoms with E-state index in [0.717, 1.165) is 44.2 Å². The third kappa shape index (κ3) is 2.40. The van der Waals surface area contributed by atoms with Gasteiger partial charge in [-0.3, -0.25) is 9.89 Å². The molecule has 0 aliphatic heterocycles. The fourth-order valence-corrected chi connectivity index (χ4v) is 3.12. The third-order valence-corrected chi connectivity index (χ3v) is 4.39. The van der Waals surface area contributed by atoms with Gasteiger partial charge in [-0.25, -0.2) is 0 Å². The highest BCUT2D eigenvalue weighted by Crippen LogP contribution is 2.42. The maximum absolute atomic E-state index is 12.7. The lowest BCUT2D eigenvalue weighted by atomic mass is 10.1. The minimum atomic E-state index is -0.147. The van der Waals surface area contributed by atoms with E-state index in [9.17, 15) is 9.90 Å². The number of carbonyl (C=O) groups is 1. The molecular weight excluding hydrogens is 256 g/mol. The van der Waals surface area contributed by atoms with Crippen LogP contribution in [0.3, 0.4) is 0 Å². The van der Waals surface area contributed by atoms with Gasteiger partial charge in [0.15, 0.2) is 5.69 Å². The van der Waals surface area contributed by atoms with Crippen molar-refractivity contribution in [1.82, 2.24) is 15.1 Å². The van der Waals surface area contributed by atoms with E-state index in [1.54, 1.807) is 4.90 Å². The molecule has 0 radical (unpaired) electrons. The second-order valence-electron chi connectivity index (χ2n) is 5.83. The standard InChI is InChI=1S/C14H22N4O2/c15-11-12(9-5-6-9)16-17-13(11)14(20)18(7-8-19)10-3-1-2-4-10/h9-10,19H,1-8,15H2,(H,16,17). The fourth-order valence-electron chi connectivity index (χ4n) is 3.12. The van der Waals surface area contributed by atoms with Crippen LogP contribution < -0.4 is 5.73 Å². The van der Waals surface area contributed by atoms with Crippen molar-refractivity contribution in [3.63, 3.8) is 0 Å². The second kappa shape index (κ2) is 5.44.